The molecule has 5 aliphatic heterocycles. The molecular formula is C57H86N2O14. The van der Waals surface area contributed by atoms with Crippen molar-refractivity contribution in [3.63, 3.8) is 0 Å². The van der Waals surface area contributed by atoms with Crippen molar-refractivity contribution in [2.45, 2.75) is 205 Å². The van der Waals surface area contributed by atoms with Crippen molar-refractivity contribution in [1.82, 2.24) is 4.90 Å². The summed E-state index contributed by atoms with van der Waals surface area (Å²) in [7, 11) is 4.56. The number of allylic oxidation sites excluding steroid dienone is 1. The Hall–Kier alpha value is -3.87. The van der Waals surface area contributed by atoms with Crippen LogP contribution in [0.5, 0.6) is 0 Å². The third-order valence-corrected chi connectivity index (χ3v) is 16.9. The zero-order valence-electron chi connectivity index (χ0n) is 45.1. The van der Waals surface area contributed by atoms with E-state index in [0.717, 1.165) is 17.7 Å². The fourth-order valence-corrected chi connectivity index (χ4v) is 12.1. The highest BCUT2D eigenvalue weighted by atomic mass is 16.7. The minimum absolute atomic E-state index is 0.0349. The first-order valence-corrected chi connectivity index (χ1v) is 27.1. The third-order valence-electron chi connectivity index (χ3n) is 16.9. The number of aliphatic hydroxyl groups is 3. The normalized spacial score (nSPS) is 39.5. The van der Waals surface area contributed by atoms with Crippen molar-refractivity contribution in [2.24, 2.45) is 35.5 Å². The van der Waals surface area contributed by atoms with E-state index in [0.29, 0.717) is 69.8 Å². The quantitative estimate of drug-likeness (QED) is 0.142. The number of anilines is 1. The number of carbonyl (C=O) groups is 5. The van der Waals surface area contributed by atoms with Gasteiger partial charge < -0.3 is 43.9 Å². The fourth-order valence-electron chi connectivity index (χ4n) is 12.1. The van der Waals surface area contributed by atoms with E-state index in [1.165, 1.54) is 12.0 Å². The minimum atomic E-state index is -2.46. The SMILES string of the molecule is COC1CC2CCC(C)C(O)(O2)C(=O)C(=O)N2CCCCC2C(=O)OC(C(C)CC2CCC(O)C(OC)C2)CC(=O)C(C)/C=C(\C)C(O)C(OC)C(=O)C(C)CC(C)C2CCC(/C=C/1C)ON2c1ccccc1. The number of methoxy groups -OCH3 is 3. The van der Waals surface area contributed by atoms with E-state index in [2.05, 4.69) is 6.92 Å². The number of hydroxylamine groups is 1. The van der Waals surface area contributed by atoms with E-state index in [9.17, 15) is 39.3 Å². The van der Waals surface area contributed by atoms with E-state index in [4.69, 9.17) is 28.5 Å². The second-order valence-electron chi connectivity index (χ2n) is 22.3. The number of piperidine rings is 1. The second kappa shape index (κ2) is 26.3. The number of benzene rings is 1. The Morgan fingerprint density at radius 3 is 2.22 bits per heavy atom. The molecule has 4 bridgehead atoms. The summed E-state index contributed by atoms with van der Waals surface area (Å²) in [4.78, 5) is 79.9. The molecule has 6 aliphatic rings. The number of rotatable bonds is 7. The standard InChI is InChI=1S/C57H86N2O14/c1-33-26-37(5)51(62)53(70-10)52(63)38(6)27-34(2)47(61)32-49(35(3)28-40-20-24-46(60)50(30-40)69-9)71-56(66)45-18-14-15-25-58(45)55(65)54(64)57(67)39(7)19-21-42(72-57)31-48(68-8)36(4)29-43-22-23-44(33)59(73-43)41-16-12-11-13-17-41/h11-13,16-17,27,29,33-35,37,39-40,42-46,48-50,52-53,60,63,67H,14-15,18-26,28,30-32H2,1-10H3/b36-29+,38-27+. The summed E-state index contributed by atoms with van der Waals surface area (Å²) in [5, 5.41) is 36.3. The van der Waals surface area contributed by atoms with Crippen LogP contribution in [0.2, 0.25) is 0 Å². The molecule has 1 aromatic rings. The van der Waals surface area contributed by atoms with E-state index in [1.807, 2.05) is 62.2 Å². The van der Waals surface area contributed by atoms with Gasteiger partial charge >= 0.3 is 5.97 Å². The van der Waals surface area contributed by atoms with Gasteiger partial charge in [-0.15, -0.1) is 0 Å². The molecular weight excluding hydrogens is 937 g/mol. The Morgan fingerprint density at radius 1 is 0.808 bits per heavy atom. The second-order valence-corrected chi connectivity index (χ2v) is 22.3. The fraction of sp³-hybridized carbons (Fsp3) is 0.737. The topological polar surface area (TPSA) is 208 Å². The van der Waals surface area contributed by atoms with Gasteiger partial charge in [0.25, 0.3) is 11.7 Å². The number of amides is 1. The lowest BCUT2D eigenvalue weighted by atomic mass is 9.78. The van der Waals surface area contributed by atoms with Crippen molar-refractivity contribution in [3.05, 3.63) is 53.6 Å². The van der Waals surface area contributed by atoms with Crippen molar-refractivity contribution in [1.29, 1.82) is 0 Å². The van der Waals surface area contributed by atoms with Crippen molar-refractivity contribution in [3.8, 4) is 0 Å². The van der Waals surface area contributed by atoms with Crippen LogP contribution in [0.3, 0.4) is 0 Å². The lowest BCUT2D eigenvalue weighted by Crippen LogP contribution is -2.61. The Kier molecular flexibility index (Phi) is 21.0. The van der Waals surface area contributed by atoms with E-state index < -0.39 is 83.9 Å². The molecule has 0 radical (unpaired) electrons. The van der Waals surface area contributed by atoms with Gasteiger partial charge in [0, 0.05) is 58.5 Å². The number of hydrogen-bond donors (Lipinski definition) is 3. The molecule has 3 saturated heterocycles. The van der Waals surface area contributed by atoms with Crippen LogP contribution in [0, 0.1) is 35.5 Å². The van der Waals surface area contributed by atoms with Crippen LogP contribution in [0.1, 0.15) is 138 Å². The van der Waals surface area contributed by atoms with Crippen LogP contribution in [0.25, 0.3) is 0 Å². The van der Waals surface area contributed by atoms with Crippen molar-refractivity contribution >= 4 is 34.9 Å². The highest BCUT2D eigenvalue weighted by Gasteiger charge is 2.53. The first kappa shape index (κ1) is 58.4. The summed E-state index contributed by atoms with van der Waals surface area (Å²) in [6.07, 6.45) is 4.36. The zero-order valence-corrected chi connectivity index (χ0v) is 45.1. The molecule has 7 rings (SSSR count). The van der Waals surface area contributed by atoms with Gasteiger partial charge in [0.05, 0.1) is 36.1 Å². The van der Waals surface area contributed by atoms with E-state index >= 15 is 0 Å². The van der Waals surface area contributed by atoms with Gasteiger partial charge in [-0.3, -0.25) is 29.1 Å². The molecule has 1 aromatic carbocycles. The summed E-state index contributed by atoms with van der Waals surface area (Å²) in [5.74, 6) is -8.21. The number of hydrogen-bond acceptors (Lipinski definition) is 15. The predicted octanol–water partition coefficient (Wildman–Crippen LogP) is 7.04. The number of ether oxygens (including phenoxy) is 5. The molecule has 16 nitrogen and oxygen atoms in total. The van der Waals surface area contributed by atoms with E-state index in [1.54, 1.807) is 41.1 Å². The Balaban J connectivity index is 1.34. The van der Waals surface area contributed by atoms with E-state index in [-0.39, 0.29) is 73.4 Å². The predicted molar refractivity (Wildman–Crippen MR) is 274 cm³/mol. The maximum atomic E-state index is 14.5. The molecule has 17 atom stereocenters. The lowest BCUT2D eigenvalue weighted by Gasteiger charge is -2.43. The molecule has 1 saturated carbocycles. The summed E-state index contributed by atoms with van der Waals surface area (Å²) in [6, 6.07) is 8.56. The van der Waals surface area contributed by atoms with Crippen LogP contribution >= 0.6 is 0 Å². The highest BCUT2D eigenvalue weighted by Crippen LogP contribution is 2.39. The maximum Gasteiger partial charge on any atom is 0.329 e. The molecule has 1 aliphatic carbocycles. The molecule has 5 heterocycles. The van der Waals surface area contributed by atoms with Crippen molar-refractivity contribution in [2.75, 3.05) is 32.9 Å². The van der Waals surface area contributed by atoms with Gasteiger partial charge in [0.2, 0.25) is 5.79 Å². The molecule has 0 aromatic heterocycles. The van der Waals surface area contributed by atoms with Crippen LogP contribution in [-0.2, 0) is 52.5 Å². The summed E-state index contributed by atoms with van der Waals surface area (Å²) in [6.45, 7) is 12.9. The molecule has 408 valence electrons. The van der Waals surface area contributed by atoms with Gasteiger partial charge in [-0.25, -0.2) is 4.79 Å². The molecule has 3 N–H and O–H groups in total. The van der Waals surface area contributed by atoms with Crippen molar-refractivity contribution < 1.29 is 67.8 Å². The molecule has 4 fully saturated rings. The Bertz CT molecular complexity index is 2100. The summed E-state index contributed by atoms with van der Waals surface area (Å²) in [5.41, 5.74) is 2.11. The third kappa shape index (κ3) is 14.1. The summed E-state index contributed by atoms with van der Waals surface area (Å²) >= 11 is 0. The maximum absolute atomic E-state index is 14.5. The van der Waals surface area contributed by atoms with Crippen LogP contribution < -0.4 is 5.06 Å². The van der Waals surface area contributed by atoms with Crippen LogP contribution in [-0.4, -0.2) is 144 Å². The number of Topliss-reactive ketones (excluding diaryl/α,β-unsaturated/α-hetero) is 3. The smallest absolute Gasteiger partial charge is 0.329 e. The molecule has 17 unspecified atom stereocenters. The average Bonchev–Trinajstić information content (AvgIpc) is 3.38. The molecule has 16 heteroatoms. The first-order valence-electron chi connectivity index (χ1n) is 27.1. The largest absolute Gasteiger partial charge is 0.460 e. The number of ketones is 3. The number of para-hydroxylation sites is 1. The minimum Gasteiger partial charge on any atom is -0.460 e. The van der Waals surface area contributed by atoms with Crippen LogP contribution in [0.4, 0.5) is 5.69 Å². The van der Waals surface area contributed by atoms with Crippen LogP contribution in [0.15, 0.2) is 53.6 Å². The number of aliphatic hydroxyl groups excluding tert-OH is 2. The first-order chi connectivity index (χ1) is 34.7. The Labute approximate surface area is 433 Å². The van der Waals surface area contributed by atoms with Gasteiger partial charge in [-0.2, -0.15) is 0 Å². The average molecular weight is 1020 g/mol. The summed E-state index contributed by atoms with van der Waals surface area (Å²) < 4.78 is 29.9. The van der Waals surface area contributed by atoms with Gasteiger partial charge in [0.1, 0.15) is 36.2 Å². The van der Waals surface area contributed by atoms with Gasteiger partial charge in [0.15, 0.2) is 5.78 Å². The lowest BCUT2D eigenvalue weighted by molar-refractivity contribution is -0.265. The highest BCUT2D eigenvalue weighted by molar-refractivity contribution is 6.39. The number of fused-ring (bicyclic) bond motifs is 17. The molecule has 0 spiro atoms. The molecule has 73 heavy (non-hydrogen) atoms. The molecule has 1 amide bonds. The Morgan fingerprint density at radius 2 is 1.53 bits per heavy atom. The van der Waals surface area contributed by atoms with Gasteiger partial charge in [-0.05, 0) is 132 Å². The monoisotopic (exact) mass is 1020 g/mol. The number of esters is 1. The number of nitrogens with zero attached hydrogens (tertiary/aromatic N) is 2. The number of carbonyl (C=O) groups excluding carboxylic acids is 5. The zero-order chi connectivity index (χ0) is 53.3. The van der Waals surface area contributed by atoms with Gasteiger partial charge in [-0.1, -0.05) is 65.0 Å².